The van der Waals surface area contributed by atoms with Gasteiger partial charge in [-0.15, -0.1) is 0 Å². The van der Waals surface area contributed by atoms with Gasteiger partial charge in [0.1, 0.15) is 12.5 Å². The minimum Gasteiger partial charge on any atom is -0.400 e. The van der Waals surface area contributed by atoms with Crippen LogP contribution >= 0.6 is 0 Å². The fourth-order valence-corrected chi connectivity index (χ4v) is 11.7. The van der Waals surface area contributed by atoms with Gasteiger partial charge in [-0.1, -0.05) is 106 Å². The molecule has 1 unspecified atom stereocenters. The zero-order chi connectivity index (χ0) is 34.2. The molecule has 0 amide bonds. The van der Waals surface area contributed by atoms with Gasteiger partial charge in [0.05, 0.1) is 39.7 Å². The minimum absolute atomic E-state index is 0.111. The lowest BCUT2D eigenvalue weighted by Crippen LogP contribution is -2.67. The van der Waals surface area contributed by atoms with Gasteiger partial charge in [-0.3, -0.25) is 14.7 Å². The van der Waals surface area contributed by atoms with Crippen molar-refractivity contribution >= 4 is 41.2 Å². The molecule has 0 fully saturated rings. The Morgan fingerprint density at radius 3 is 2.20 bits per heavy atom. The molecule has 6 aromatic rings. The Balaban J connectivity index is 1.27. The normalized spacial score (nSPS) is 16.1. The summed E-state index contributed by atoms with van der Waals surface area (Å²) >= 11 is 0. The minimum atomic E-state index is -2.85. The summed E-state index contributed by atoms with van der Waals surface area (Å²) in [7, 11) is -2.85. The summed E-state index contributed by atoms with van der Waals surface area (Å²) in [4.78, 5) is 25.1. The molecule has 1 aliphatic carbocycles. The number of nitrogens with one attached hydrogen (secondary N) is 1. The third-order valence-electron chi connectivity index (χ3n) is 9.33. The second-order valence-electron chi connectivity index (χ2n) is 13.3. The number of fused-ring (bicyclic) bond motifs is 2. The Hall–Kier alpha value is -5.70. The molecule has 4 aromatic carbocycles. The number of benzene rings is 4. The standard InChI is InChI=1S/C38H35N7O3Si/c1-38(2,3)49(27-12-6-4-7-13-27,28-14-8-5-9-15-28)48-35-21-20-31(29-16-10-11-17-30(29)35)42-36-34(45(46)47)24-40-37(43-36)44-25-41-32-19-18-26(23-39)22-33(32)44/h4-19,22,24-25,31,35H,20-21H2,1-3H3,(H,40,42,43)/t31-,35?/m1/s1. The van der Waals surface area contributed by atoms with Crippen molar-refractivity contribution in [2.45, 2.75) is 50.8 Å². The van der Waals surface area contributed by atoms with E-state index in [4.69, 9.17) is 4.43 Å². The third-order valence-corrected chi connectivity index (χ3v) is 14.4. The van der Waals surface area contributed by atoms with Gasteiger partial charge in [0.2, 0.25) is 11.8 Å². The molecule has 7 rings (SSSR count). The van der Waals surface area contributed by atoms with Gasteiger partial charge in [-0.2, -0.15) is 10.2 Å². The lowest BCUT2D eigenvalue weighted by atomic mass is 9.86. The predicted molar refractivity (Wildman–Crippen MR) is 192 cm³/mol. The van der Waals surface area contributed by atoms with Crippen LogP contribution in [0.4, 0.5) is 11.5 Å². The van der Waals surface area contributed by atoms with Crippen LogP contribution in [-0.4, -0.2) is 32.8 Å². The van der Waals surface area contributed by atoms with Crippen LogP contribution in [0, 0.1) is 21.4 Å². The molecule has 2 heterocycles. The van der Waals surface area contributed by atoms with E-state index in [0.29, 0.717) is 29.4 Å². The Kier molecular flexibility index (Phi) is 8.28. The average Bonchev–Trinajstić information content (AvgIpc) is 3.55. The fourth-order valence-electron chi connectivity index (χ4n) is 7.05. The molecule has 1 N–H and O–H groups in total. The van der Waals surface area contributed by atoms with Crippen molar-refractivity contribution in [1.82, 2.24) is 19.5 Å². The molecule has 0 spiro atoms. The smallest absolute Gasteiger partial charge is 0.329 e. The van der Waals surface area contributed by atoms with Crippen molar-refractivity contribution in [1.29, 1.82) is 5.26 Å². The summed E-state index contributed by atoms with van der Waals surface area (Å²) < 4.78 is 9.21. The molecule has 0 saturated heterocycles. The Morgan fingerprint density at radius 1 is 0.918 bits per heavy atom. The lowest BCUT2D eigenvalue weighted by molar-refractivity contribution is -0.384. The maximum Gasteiger partial charge on any atom is 0.329 e. The van der Waals surface area contributed by atoms with Crippen LogP contribution in [0.2, 0.25) is 5.04 Å². The lowest BCUT2D eigenvalue weighted by Gasteiger charge is -2.46. The van der Waals surface area contributed by atoms with E-state index in [2.05, 4.69) is 108 Å². The Morgan fingerprint density at radius 2 is 1.57 bits per heavy atom. The van der Waals surface area contributed by atoms with E-state index < -0.39 is 13.2 Å². The second-order valence-corrected chi connectivity index (χ2v) is 17.5. The number of nitro groups is 1. The number of imidazole rings is 1. The van der Waals surface area contributed by atoms with Gasteiger partial charge >= 0.3 is 5.69 Å². The van der Waals surface area contributed by atoms with Gasteiger partial charge in [-0.25, -0.2) is 9.97 Å². The number of hydrogen-bond donors (Lipinski definition) is 1. The van der Waals surface area contributed by atoms with Crippen LogP contribution in [0.3, 0.4) is 0 Å². The van der Waals surface area contributed by atoms with Crippen LogP contribution in [0.1, 0.15) is 62.4 Å². The molecule has 2 atom stereocenters. The van der Waals surface area contributed by atoms with Crippen LogP contribution in [-0.2, 0) is 4.43 Å². The fraction of sp³-hybridized carbons (Fsp3) is 0.211. The summed E-state index contributed by atoms with van der Waals surface area (Å²) in [6, 6.07) is 36.4. The monoisotopic (exact) mass is 665 g/mol. The molecule has 11 heteroatoms. The van der Waals surface area contributed by atoms with Crippen LogP contribution in [0.5, 0.6) is 0 Å². The first kappa shape index (κ1) is 31.9. The molecule has 244 valence electrons. The second kappa shape index (κ2) is 12.7. The van der Waals surface area contributed by atoms with E-state index in [1.807, 2.05) is 24.3 Å². The van der Waals surface area contributed by atoms with E-state index in [-0.39, 0.29) is 34.6 Å². The number of nitriles is 1. The molecular formula is C38H35N7O3Si. The van der Waals surface area contributed by atoms with Crippen molar-refractivity contribution in [2.24, 2.45) is 0 Å². The van der Waals surface area contributed by atoms with Crippen LogP contribution < -0.4 is 15.7 Å². The Bertz CT molecular complexity index is 2150. The number of aromatic nitrogens is 4. The average molecular weight is 666 g/mol. The first-order valence-electron chi connectivity index (χ1n) is 16.2. The van der Waals surface area contributed by atoms with Crippen molar-refractivity contribution in [3.63, 3.8) is 0 Å². The number of hydrogen-bond acceptors (Lipinski definition) is 8. The maximum atomic E-state index is 12.2. The van der Waals surface area contributed by atoms with Crippen molar-refractivity contribution < 1.29 is 9.35 Å². The summed E-state index contributed by atoms with van der Waals surface area (Å²) in [6.45, 7) is 6.82. The number of anilines is 1. The molecule has 49 heavy (non-hydrogen) atoms. The van der Waals surface area contributed by atoms with Crippen LogP contribution in [0.15, 0.2) is 116 Å². The van der Waals surface area contributed by atoms with E-state index in [1.165, 1.54) is 16.6 Å². The maximum absolute atomic E-state index is 12.2. The highest BCUT2D eigenvalue weighted by Crippen LogP contribution is 2.46. The molecule has 0 bridgehead atoms. The summed E-state index contributed by atoms with van der Waals surface area (Å²) in [5.41, 5.74) is 3.59. The quantitative estimate of drug-likeness (QED) is 0.103. The molecule has 0 aliphatic heterocycles. The van der Waals surface area contributed by atoms with Gasteiger partial charge in [0, 0.05) is 0 Å². The predicted octanol–water partition coefficient (Wildman–Crippen LogP) is 7.16. The van der Waals surface area contributed by atoms with Gasteiger partial charge in [0.15, 0.2) is 0 Å². The van der Waals surface area contributed by atoms with Gasteiger partial charge in [-0.05, 0) is 57.6 Å². The highest BCUT2D eigenvalue weighted by atomic mass is 28.4. The van der Waals surface area contributed by atoms with Crippen molar-refractivity contribution in [3.8, 4) is 12.0 Å². The highest BCUT2D eigenvalue weighted by molar-refractivity contribution is 6.99. The molecule has 1 aliphatic rings. The largest absolute Gasteiger partial charge is 0.400 e. The first-order valence-corrected chi connectivity index (χ1v) is 18.1. The summed E-state index contributed by atoms with van der Waals surface area (Å²) in [5.74, 6) is 0.321. The van der Waals surface area contributed by atoms with Crippen LogP contribution in [0.25, 0.3) is 17.0 Å². The zero-order valence-electron chi connectivity index (χ0n) is 27.4. The summed E-state index contributed by atoms with van der Waals surface area (Å²) in [6.07, 6.45) is 3.95. The molecule has 0 radical (unpaired) electrons. The molecule has 0 saturated carbocycles. The number of nitrogens with zero attached hydrogens (tertiary/aromatic N) is 6. The summed E-state index contributed by atoms with van der Waals surface area (Å²) in [5, 5.41) is 27.3. The molecule has 10 nitrogen and oxygen atoms in total. The van der Waals surface area contributed by atoms with E-state index in [0.717, 1.165) is 11.1 Å². The molecule has 2 aromatic heterocycles. The van der Waals surface area contributed by atoms with E-state index in [1.54, 1.807) is 29.1 Å². The topological polar surface area (TPSA) is 132 Å². The first-order chi connectivity index (χ1) is 23.7. The van der Waals surface area contributed by atoms with Crippen molar-refractivity contribution in [2.75, 3.05) is 5.32 Å². The van der Waals surface area contributed by atoms with Crippen molar-refractivity contribution in [3.05, 3.63) is 142 Å². The van der Waals surface area contributed by atoms with Gasteiger partial charge < -0.3 is 9.74 Å². The van der Waals surface area contributed by atoms with Gasteiger partial charge in [0.25, 0.3) is 8.32 Å². The number of rotatable bonds is 8. The van der Waals surface area contributed by atoms with E-state index in [9.17, 15) is 15.4 Å². The zero-order valence-corrected chi connectivity index (χ0v) is 28.4. The SMILES string of the molecule is CC(C)(C)[Si](OC1CC[C@@H](Nc2nc(-n3cnc4ccc(C#N)cc43)ncc2[N+](=O)[O-])c2ccccc21)(c1ccccc1)c1ccccc1. The Labute approximate surface area is 285 Å². The highest BCUT2D eigenvalue weighted by Gasteiger charge is 2.52. The molecular weight excluding hydrogens is 631 g/mol. The third kappa shape index (κ3) is 5.75. The van der Waals surface area contributed by atoms with E-state index >= 15 is 0 Å².